The Kier molecular flexibility index (Phi) is 4.46. The minimum Gasteiger partial charge on any atom is -0.469 e. The van der Waals surface area contributed by atoms with Crippen LogP contribution in [0.25, 0.3) is 0 Å². The zero-order valence-corrected chi connectivity index (χ0v) is 11.7. The number of hydrogen-bond acceptors (Lipinski definition) is 6. The summed E-state index contributed by atoms with van der Waals surface area (Å²) in [6, 6.07) is 3.94. The Morgan fingerprint density at radius 1 is 1.53 bits per heavy atom. The van der Waals surface area contributed by atoms with Crippen molar-refractivity contribution in [1.82, 2.24) is 9.97 Å². The Labute approximate surface area is 115 Å². The predicted octanol–water partition coefficient (Wildman–Crippen LogP) is 2.17. The van der Waals surface area contributed by atoms with Crippen LogP contribution in [0.5, 0.6) is 0 Å². The van der Waals surface area contributed by atoms with Gasteiger partial charge in [0, 0.05) is 23.8 Å². The highest BCUT2D eigenvalue weighted by Crippen LogP contribution is 2.17. The Morgan fingerprint density at radius 2 is 2.37 bits per heavy atom. The van der Waals surface area contributed by atoms with Gasteiger partial charge in [0.1, 0.15) is 0 Å². The van der Waals surface area contributed by atoms with Crippen molar-refractivity contribution in [3.8, 4) is 0 Å². The molecule has 2 heterocycles. The molecular formula is C13H15N3O2S. The van der Waals surface area contributed by atoms with Crippen LogP contribution >= 0.6 is 11.3 Å². The number of methoxy groups -OCH3 is 1. The van der Waals surface area contributed by atoms with Crippen LogP contribution in [-0.4, -0.2) is 23.0 Å². The second kappa shape index (κ2) is 6.29. The van der Waals surface area contributed by atoms with Crippen LogP contribution in [0.3, 0.4) is 0 Å². The number of nitrogens with zero attached hydrogens (tertiary/aromatic N) is 2. The summed E-state index contributed by atoms with van der Waals surface area (Å²) in [5, 5.41) is 5.88. The van der Waals surface area contributed by atoms with Gasteiger partial charge in [0.15, 0.2) is 5.13 Å². The van der Waals surface area contributed by atoms with E-state index >= 15 is 0 Å². The van der Waals surface area contributed by atoms with Gasteiger partial charge < -0.3 is 10.1 Å². The lowest BCUT2D eigenvalue weighted by Gasteiger charge is -2.05. The van der Waals surface area contributed by atoms with Crippen molar-refractivity contribution in [2.24, 2.45) is 0 Å². The minimum absolute atomic E-state index is 0.209. The molecule has 0 unspecified atom stereocenters. The van der Waals surface area contributed by atoms with Crippen LogP contribution in [0, 0.1) is 6.92 Å². The first kappa shape index (κ1) is 13.5. The minimum atomic E-state index is -0.278. The number of carbonyl (C=O) groups excluding carboxylic acids is 1. The first-order chi connectivity index (χ1) is 9.19. The predicted molar refractivity (Wildman–Crippen MR) is 74.1 cm³/mol. The molecule has 100 valence electrons. The molecule has 0 fully saturated rings. The zero-order valence-electron chi connectivity index (χ0n) is 10.8. The summed E-state index contributed by atoms with van der Waals surface area (Å²) in [5.41, 5.74) is 2.86. The Bertz CT molecular complexity index is 569. The van der Waals surface area contributed by atoms with E-state index in [1.54, 1.807) is 6.20 Å². The molecule has 0 saturated carbocycles. The van der Waals surface area contributed by atoms with Crippen molar-refractivity contribution in [3.05, 3.63) is 40.7 Å². The number of ether oxygens (including phenoxy) is 1. The lowest BCUT2D eigenvalue weighted by Crippen LogP contribution is -2.05. The average molecular weight is 277 g/mol. The number of aryl methyl sites for hydroxylation is 1. The lowest BCUT2D eigenvalue weighted by atomic mass is 10.2. The zero-order chi connectivity index (χ0) is 13.7. The first-order valence-corrected chi connectivity index (χ1v) is 6.72. The van der Waals surface area contributed by atoms with Gasteiger partial charge in [0.2, 0.25) is 0 Å². The number of anilines is 1. The van der Waals surface area contributed by atoms with Crippen LogP contribution in [-0.2, 0) is 22.5 Å². The topological polar surface area (TPSA) is 64.1 Å². The highest BCUT2D eigenvalue weighted by Gasteiger charge is 2.07. The third-order valence-corrected chi connectivity index (χ3v) is 3.50. The van der Waals surface area contributed by atoms with Crippen LogP contribution in [0.4, 0.5) is 5.13 Å². The molecule has 2 rings (SSSR count). The van der Waals surface area contributed by atoms with Gasteiger partial charge in [0.05, 0.1) is 19.2 Å². The van der Waals surface area contributed by atoms with Crippen LogP contribution < -0.4 is 5.32 Å². The number of carbonyl (C=O) groups is 1. The number of nitrogens with one attached hydrogen (secondary N) is 1. The molecule has 2 aromatic heterocycles. The summed E-state index contributed by atoms with van der Waals surface area (Å²) in [4.78, 5) is 19.7. The lowest BCUT2D eigenvalue weighted by molar-refractivity contribution is -0.139. The smallest absolute Gasteiger partial charge is 0.311 e. The van der Waals surface area contributed by atoms with Gasteiger partial charge in [-0.3, -0.25) is 9.78 Å². The molecule has 1 N–H and O–H groups in total. The molecule has 2 aromatic rings. The van der Waals surface area contributed by atoms with E-state index < -0.39 is 0 Å². The monoisotopic (exact) mass is 277 g/mol. The molecular weight excluding hydrogens is 262 g/mol. The molecule has 0 saturated heterocycles. The fourth-order valence-corrected chi connectivity index (χ4v) is 2.27. The van der Waals surface area contributed by atoms with Crippen LogP contribution in [0.2, 0.25) is 0 Å². The molecule has 0 aromatic carbocycles. The van der Waals surface area contributed by atoms with E-state index in [1.165, 1.54) is 18.4 Å². The average Bonchev–Trinajstić information content (AvgIpc) is 2.85. The van der Waals surface area contributed by atoms with Gasteiger partial charge in [0.25, 0.3) is 0 Å². The van der Waals surface area contributed by atoms with Crippen molar-refractivity contribution >= 4 is 22.4 Å². The van der Waals surface area contributed by atoms with E-state index in [2.05, 4.69) is 20.0 Å². The van der Waals surface area contributed by atoms with Gasteiger partial charge >= 0.3 is 5.97 Å². The fraction of sp³-hybridized carbons (Fsp3) is 0.308. The molecule has 5 nitrogen and oxygen atoms in total. The molecule has 0 spiro atoms. The van der Waals surface area contributed by atoms with Crippen molar-refractivity contribution in [1.29, 1.82) is 0 Å². The summed E-state index contributed by atoms with van der Waals surface area (Å²) in [7, 11) is 1.37. The second-order valence-electron chi connectivity index (χ2n) is 4.00. The van der Waals surface area contributed by atoms with E-state index in [0.29, 0.717) is 6.54 Å². The number of thiazole rings is 1. The second-order valence-corrected chi connectivity index (χ2v) is 4.86. The summed E-state index contributed by atoms with van der Waals surface area (Å²) in [6.45, 7) is 2.65. The van der Waals surface area contributed by atoms with Gasteiger partial charge in [-0.15, -0.1) is 11.3 Å². The Balaban J connectivity index is 1.94. The van der Waals surface area contributed by atoms with Gasteiger partial charge in [-0.25, -0.2) is 4.98 Å². The molecule has 0 aliphatic rings. The van der Waals surface area contributed by atoms with Gasteiger partial charge in [-0.2, -0.15) is 0 Å². The number of hydrogen-bond donors (Lipinski definition) is 1. The summed E-state index contributed by atoms with van der Waals surface area (Å²) < 4.78 is 4.61. The SMILES string of the molecule is COC(=O)Cc1csc(NCc2cccnc2C)n1. The third-order valence-electron chi connectivity index (χ3n) is 2.65. The summed E-state index contributed by atoms with van der Waals surface area (Å²) >= 11 is 1.48. The number of esters is 1. The first-order valence-electron chi connectivity index (χ1n) is 5.84. The number of rotatable bonds is 5. The quantitative estimate of drug-likeness (QED) is 0.849. The molecule has 6 heteroatoms. The van der Waals surface area contributed by atoms with Crippen molar-refractivity contribution in [2.75, 3.05) is 12.4 Å². The van der Waals surface area contributed by atoms with E-state index in [4.69, 9.17) is 0 Å². The molecule has 19 heavy (non-hydrogen) atoms. The fourth-order valence-electron chi connectivity index (χ4n) is 1.56. The molecule has 0 radical (unpaired) electrons. The molecule has 0 aliphatic carbocycles. The van der Waals surface area contributed by atoms with E-state index in [9.17, 15) is 4.79 Å². The Hall–Kier alpha value is -1.95. The molecule has 0 bridgehead atoms. The molecule has 0 amide bonds. The van der Waals surface area contributed by atoms with E-state index in [1.807, 2.05) is 24.4 Å². The maximum absolute atomic E-state index is 11.1. The summed E-state index contributed by atoms with van der Waals surface area (Å²) in [5.74, 6) is -0.278. The maximum atomic E-state index is 11.1. The normalized spacial score (nSPS) is 10.2. The largest absolute Gasteiger partial charge is 0.469 e. The van der Waals surface area contributed by atoms with E-state index in [0.717, 1.165) is 22.1 Å². The maximum Gasteiger partial charge on any atom is 0.311 e. The standard InChI is InChI=1S/C13H15N3O2S/c1-9-10(4-3-5-14-9)7-15-13-16-11(8-19-13)6-12(17)18-2/h3-5,8H,6-7H2,1-2H3,(H,15,16). The van der Waals surface area contributed by atoms with Crippen LogP contribution in [0.15, 0.2) is 23.7 Å². The number of pyridine rings is 1. The third kappa shape index (κ3) is 3.75. The highest BCUT2D eigenvalue weighted by atomic mass is 32.1. The molecule has 0 atom stereocenters. The summed E-state index contributed by atoms with van der Waals surface area (Å²) in [6.07, 6.45) is 1.98. The van der Waals surface area contributed by atoms with Crippen molar-refractivity contribution in [3.63, 3.8) is 0 Å². The Morgan fingerprint density at radius 3 is 3.11 bits per heavy atom. The van der Waals surface area contributed by atoms with Crippen molar-refractivity contribution in [2.45, 2.75) is 19.9 Å². The highest BCUT2D eigenvalue weighted by molar-refractivity contribution is 7.13. The van der Waals surface area contributed by atoms with Crippen LogP contribution in [0.1, 0.15) is 17.0 Å². The van der Waals surface area contributed by atoms with Gasteiger partial charge in [-0.05, 0) is 18.6 Å². The molecule has 0 aliphatic heterocycles. The number of aromatic nitrogens is 2. The van der Waals surface area contributed by atoms with Gasteiger partial charge in [-0.1, -0.05) is 6.07 Å². The van der Waals surface area contributed by atoms with E-state index in [-0.39, 0.29) is 12.4 Å². The van der Waals surface area contributed by atoms with Crippen molar-refractivity contribution < 1.29 is 9.53 Å².